The first-order valence-corrected chi connectivity index (χ1v) is 7.90. The van der Waals surface area contributed by atoms with E-state index in [9.17, 15) is 9.59 Å². The molecule has 0 bridgehead atoms. The van der Waals surface area contributed by atoms with Crippen LogP contribution in [0.3, 0.4) is 0 Å². The molecule has 6 nitrogen and oxygen atoms in total. The smallest absolute Gasteiger partial charge is 0.411 e. The monoisotopic (exact) mass is 342 g/mol. The first-order valence-electron chi connectivity index (χ1n) is 7.90. The average Bonchev–Trinajstić information content (AvgIpc) is 2.54. The molecule has 0 atom stereocenters. The molecule has 0 radical (unpaired) electrons. The van der Waals surface area contributed by atoms with Crippen molar-refractivity contribution in [1.29, 1.82) is 0 Å². The van der Waals surface area contributed by atoms with E-state index in [1.165, 1.54) is 7.11 Å². The lowest BCUT2D eigenvalue weighted by Gasteiger charge is -2.10. The van der Waals surface area contributed by atoms with Gasteiger partial charge in [0.1, 0.15) is 6.61 Å². The van der Waals surface area contributed by atoms with Crippen LogP contribution in [0.2, 0.25) is 0 Å². The van der Waals surface area contributed by atoms with Crippen LogP contribution in [0.15, 0.2) is 42.5 Å². The van der Waals surface area contributed by atoms with Crippen LogP contribution in [0, 0.1) is 13.8 Å². The fourth-order valence-corrected chi connectivity index (χ4v) is 2.36. The summed E-state index contributed by atoms with van der Waals surface area (Å²) >= 11 is 0. The number of carbonyl (C=O) groups excluding carboxylic acids is 2. The van der Waals surface area contributed by atoms with Crippen molar-refractivity contribution in [2.45, 2.75) is 13.8 Å². The van der Waals surface area contributed by atoms with Gasteiger partial charge in [-0.1, -0.05) is 23.3 Å². The molecule has 0 aliphatic carbocycles. The van der Waals surface area contributed by atoms with Crippen molar-refractivity contribution in [3.8, 4) is 0 Å². The van der Waals surface area contributed by atoms with Crippen molar-refractivity contribution in [3.63, 3.8) is 0 Å². The highest BCUT2D eigenvalue weighted by atomic mass is 16.6. The number of rotatable bonds is 6. The number of ether oxygens (including phenoxy) is 2. The number of hydrogen-bond donors (Lipinski definition) is 2. The maximum Gasteiger partial charge on any atom is 0.411 e. The maximum absolute atomic E-state index is 12.4. The second kappa shape index (κ2) is 8.84. The molecule has 2 rings (SSSR count). The molecular weight excluding hydrogens is 320 g/mol. The third kappa shape index (κ3) is 5.93. The van der Waals surface area contributed by atoms with Gasteiger partial charge in [0.25, 0.3) is 5.91 Å². The van der Waals surface area contributed by atoms with Gasteiger partial charge in [0.2, 0.25) is 0 Å². The topological polar surface area (TPSA) is 76.7 Å². The van der Waals surface area contributed by atoms with Gasteiger partial charge >= 0.3 is 6.09 Å². The summed E-state index contributed by atoms with van der Waals surface area (Å²) in [6, 6.07) is 12.5. The van der Waals surface area contributed by atoms with Gasteiger partial charge in [-0.3, -0.25) is 10.1 Å². The van der Waals surface area contributed by atoms with Crippen LogP contribution in [-0.4, -0.2) is 32.3 Å². The number of anilines is 2. The Morgan fingerprint density at radius 2 is 1.56 bits per heavy atom. The summed E-state index contributed by atoms with van der Waals surface area (Å²) in [7, 11) is 1.53. The van der Waals surface area contributed by atoms with Crippen LogP contribution >= 0.6 is 0 Å². The van der Waals surface area contributed by atoms with E-state index >= 15 is 0 Å². The zero-order valence-corrected chi connectivity index (χ0v) is 14.6. The lowest BCUT2D eigenvalue weighted by Crippen LogP contribution is -2.17. The van der Waals surface area contributed by atoms with Gasteiger partial charge in [-0.15, -0.1) is 0 Å². The maximum atomic E-state index is 12.4. The Labute approximate surface area is 147 Å². The Bertz CT molecular complexity index is 739. The van der Waals surface area contributed by atoms with E-state index < -0.39 is 6.09 Å². The molecule has 0 unspecified atom stereocenters. The largest absolute Gasteiger partial charge is 0.447 e. The fraction of sp³-hybridized carbons (Fsp3) is 0.263. The van der Waals surface area contributed by atoms with Crippen molar-refractivity contribution in [2.24, 2.45) is 0 Å². The van der Waals surface area contributed by atoms with Crippen molar-refractivity contribution in [1.82, 2.24) is 0 Å². The second-order valence-electron chi connectivity index (χ2n) is 5.67. The summed E-state index contributed by atoms with van der Waals surface area (Å²) in [5.74, 6) is -0.202. The van der Waals surface area contributed by atoms with E-state index in [0.29, 0.717) is 23.5 Å². The molecule has 0 saturated carbocycles. The first kappa shape index (κ1) is 18.5. The van der Waals surface area contributed by atoms with E-state index in [0.717, 1.165) is 11.1 Å². The minimum Gasteiger partial charge on any atom is -0.447 e. The molecule has 0 spiro atoms. The van der Waals surface area contributed by atoms with Gasteiger partial charge in [0, 0.05) is 24.0 Å². The van der Waals surface area contributed by atoms with Gasteiger partial charge < -0.3 is 14.8 Å². The zero-order chi connectivity index (χ0) is 18.2. The van der Waals surface area contributed by atoms with E-state index in [4.69, 9.17) is 9.47 Å². The van der Waals surface area contributed by atoms with E-state index in [2.05, 4.69) is 10.6 Å². The third-order valence-corrected chi connectivity index (χ3v) is 3.37. The van der Waals surface area contributed by atoms with Gasteiger partial charge in [-0.05, 0) is 44.2 Å². The predicted molar refractivity (Wildman–Crippen MR) is 97.2 cm³/mol. The zero-order valence-electron chi connectivity index (χ0n) is 14.6. The van der Waals surface area contributed by atoms with E-state index in [1.807, 2.05) is 32.0 Å². The van der Waals surface area contributed by atoms with Crippen LogP contribution in [0.1, 0.15) is 21.5 Å². The number of methoxy groups -OCH3 is 1. The van der Waals surface area contributed by atoms with Gasteiger partial charge in [0.05, 0.1) is 6.61 Å². The summed E-state index contributed by atoms with van der Waals surface area (Å²) in [4.78, 5) is 24.0. The molecule has 2 aromatic rings. The summed E-state index contributed by atoms with van der Waals surface area (Å²) in [5.41, 5.74) is 3.76. The molecule has 0 heterocycles. The van der Waals surface area contributed by atoms with Gasteiger partial charge in [-0.25, -0.2) is 4.79 Å². The average molecular weight is 342 g/mol. The number of hydrogen-bond acceptors (Lipinski definition) is 4. The lowest BCUT2D eigenvalue weighted by molar-refractivity contribution is 0.102. The Morgan fingerprint density at radius 3 is 2.20 bits per heavy atom. The van der Waals surface area contributed by atoms with Crippen molar-refractivity contribution < 1.29 is 19.1 Å². The SMILES string of the molecule is COCCOC(=O)Nc1cccc(NC(=O)c2cc(C)cc(C)c2)c1. The Hall–Kier alpha value is -2.86. The van der Waals surface area contributed by atoms with Crippen molar-refractivity contribution in [2.75, 3.05) is 31.0 Å². The molecule has 0 aliphatic rings. The van der Waals surface area contributed by atoms with Crippen LogP contribution in [-0.2, 0) is 9.47 Å². The van der Waals surface area contributed by atoms with E-state index in [1.54, 1.807) is 24.3 Å². The molecule has 6 heteroatoms. The molecule has 25 heavy (non-hydrogen) atoms. The van der Waals surface area contributed by atoms with Crippen LogP contribution in [0.25, 0.3) is 0 Å². The van der Waals surface area contributed by atoms with E-state index in [-0.39, 0.29) is 12.5 Å². The molecule has 132 valence electrons. The summed E-state index contributed by atoms with van der Waals surface area (Å²) < 4.78 is 9.75. The Morgan fingerprint density at radius 1 is 0.920 bits per heavy atom. The fourth-order valence-electron chi connectivity index (χ4n) is 2.36. The van der Waals surface area contributed by atoms with Crippen molar-refractivity contribution in [3.05, 3.63) is 59.2 Å². The molecule has 0 aliphatic heterocycles. The van der Waals surface area contributed by atoms with Crippen LogP contribution < -0.4 is 10.6 Å². The molecule has 0 fully saturated rings. The highest BCUT2D eigenvalue weighted by molar-refractivity contribution is 6.04. The highest BCUT2D eigenvalue weighted by Crippen LogP contribution is 2.17. The molecule has 0 aromatic heterocycles. The molecule has 0 saturated heterocycles. The standard InChI is InChI=1S/C19H22N2O4/c1-13-9-14(2)11-15(10-13)18(22)20-16-5-4-6-17(12-16)21-19(23)25-8-7-24-3/h4-6,9-12H,7-8H2,1-3H3,(H,20,22)(H,21,23). The number of benzene rings is 2. The lowest BCUT2D eigenvalue weighted by atomic mass is 10.1. The quantitative estimate of drug-likeness (QED) is 0.784. The van der Waals surface area contributed by atoms with Crippen LogP contribution in [0.5, 0.6) is 0 Å². The Kier molecular flexibility index (Phi) is 6.54. The van der Waals surface area contributed by atoms with Crippen molar-refractivity contribution >= 4 is 23.4 Å². The van der Waals surface area contributed by atoms with Gasteiger partial charge in [-0.2, -0.15) is 0 Å². The molecule has 2 N–H and O–H groups in total. The number of aryl methyl sites for hydroxylation is 2. The molecule has 2 amide bonds. The summed E-state index contributed by atoms with van der Waals surface area (Å²) in [6.45, 7) is 4.40. The highest BCUT2D eigenvalue weighted by Gasteiger charge is 2.09. The summed E-state index contributed by atoms with van der Waals surface area (Å²) in [5, 5.41) is 5.43. The number of amides is 2. The number of carbonyl (C=O) groups is 2. The number of nitrogens with one attached hydrogen (secondary N) is 2. The Balaban J connectivity index is 2.01. The molecule has 2 aromatic carbocycles. The summed E-state index contributed by atoms with van der Waals surface area (Å²) in [6.07, 6.45) is -0.574. The van der Waals surface area contributed by atoms with Gasteiger partial charge in [0.15, 0.2) is 0 Å². The molecular formula is C19H22N2O4. The minimum absolute atomic E-state index is 0.172. The minimum atomic E-state index is -0.574. The third-order valence-electron chi connectivity index (χ3n) is 3.37. The van der Waals surface area contributed by atoms with Crippen LogP contribution in [0.4, 0.5) is 16.2 Å². The normalized spacial score (nSPS) is 10.2. The first-order chi connectivity index (χ1) is 12.0. The second-order valence-corrected chi connectivity index (χ2v) is 5.67. The predicted octanol–water partition coefficient (Wildman–Crippen LogP) is 3.75.